The number of pyridine rings is 2. The number of aromatic nitrogens is 2. The van der Waals surface area contributed by atoms with Crippen LogP contribution in [0.1, 0.15) is 28.8 Å². The van der Waals surface area contributed by atoms with Crippen LogP contribution in [0.4, 0.5) is 26.3 Å². The highest BCUT2D eigenvalue weighted by Gasteiger charge is 2.45. The van der Waals surface area contributed by atoms with Crippen LogP contribution in [-0.2, 0) is 25.7 Å². The molecule has 1 aliphatic carbocycles. The van der Waals surface area contributed by atoms with Gasteiger partial charge in [0.25, 0.3) is 5.91 Å². The van der Waals surface area contributed by atoms with Gasteiger partial charge in [-0.2, -0.15) is 26.3 Å². The average molecular weight is 567 g/mol. The second-order valence-electron chi connectivity index (χ2n) is 8.03. The Labute approximate surface area is 217 Å². The number of rotatable bonds is 4. The van der Waals surface area contributed by atoms with Gasteiger partial charge in [-0.15, -0.1) is 0 Å². The molecular weight excluding hydrogens is 544 g/mol. The molecule has 1 amide bonds. The molecule has 10 nitrogen and oxygen atoms in total. The Morgan fingerprint density at radius 2 is 1.54 bits per heavy atom. The molecule has 1 saturated heterocycles. The molecule has 2 fully saturated rings. The maximum Gasteiger partial charge on any atom is 0.490 e. The number of amides is 1. The quantitative estimate of drug-likeness (QED) is 0.533. The van der Waals surface area contributed by atoms with Gasteiger partial charge in [-0.3, -0.25) is 14.8 Å². The molecular formula is C23H23F6N3O7. The summed E-state index contributed by atoms with van der Waals surface area (Å²) in [6.45, 7) is 1.70. The van der Waals surface area contributed by atoms with Crippen molar-refractivity contribution in [2.75, 3.05) is 13.2 Å². The number of hydrogen-bond acceptors (Lipinski definition) is 7. The number of halogens is 6. The number of hydrogen-bond donors (Lipinski definition) is 2. The Hall–Kier alpha value is -3.79. The van der Waals surface area contributed by atoms with Gasteiger partial charge in [0.15, 0.2) is 0 Å². The fourth-order valence-electron chi connectivity index (χ4n) is 3.68. The van der Waals surface area contributed by atoms with E-state index in [4.69, 9.17) is 29.3 Å². The van der Waals surface area contributed by atoms with Crippen molar-refractivity contribution in [3.63, 3.8) is 0 Å². The van der Waals surface area contributed by atoms with Crippen molar-refractivity contribution < 1.29 is 60.4 Å². The van der Waals surface area contributed by atoms with E-state index in [0.717, 1.165) is 18.4 Å². The van der Waals surface area contributed by atoms with Crippen LogP contribution in [-0.4, -0.2) is 86.7 Å². The van der Waals surface area contributed by atoms with E-state index < -0.39 is 24.3 Å². The molecule has 3 heterocycles. The highest BCUT2D eigenvalue weighted by Crippen LogP contribution is 2.33. The Kier molecular flexibility index (Phi) is 11.2. The number of aliphatic carboxylic acids is 2. The molecule has 0 aromatic carbocycles. The zero-order chi connectivity index (χ0) is 29.2. The molecule has 2 aromatic rings. The molecule has 4 rings (SSSR count). The van der Waals surface area contributed by atoms with Crippen LogP contribution in [0.25, 0.3) is 0 Å². The Morgan fingerprint density at radius 1 is 0.949 bits per heavy atom. The standard InChI is InChI=1S/C19H21N3O3.2C2HF3O2/c23-19(15-2-1-7-21-12-15)22-10-11-24-18-16(22)3-4-17(18)25-13-14-5-8-20-9-6-14;2*3-2(4,5)1(6)7/h1-2,5-9,12,16-18H,3-4,10-11,13H2;2*(H,6,7)/t16-,17+,18+;;/m0../s1. The lowest BCUT2D eigenvalue weighted by molar-refractivity contribution is -0.193. The summed E-state index contributed by atoms with van der Waals surface area (Å²) in [6.07, 6.45) is -1.58. The number of ether oxygens (including phenoxy) is 2. The van der Waals surface area contributed by atoms with E-state index in [1.807, 2.05) is 23.1 Å². The van der Waals surface area contributed by atoms with Crippen LogP contribution in [0.2, 0.25) is 0 Å². The highest BCUT2D eigenvalue weighted by atomic mass is 19.4. The van der Waals surface area contributed by atoms with Crippen LogP contribution in [0.15, 0.2) is 49.1 Å². The van der Waals surface area contributed by atoms with Crippen LogP contribution in [0.5, 0.6) is 0 Å². The van der Waals surface area contributed by atoms with Crippen molar-refractivity contribution in [3.8, 4) is 0 Å². The van der Waals surface area contributed by atoms with Gasteiger partial charge in [-0.1, -0.05) is 0 Å². The summed E-state index contributed by atoms with van der Waals surface area (Å²) >= 11 is 0. The average Bonchev–Trinajstić information content (AvgIpc) is 3.31. The number of carboxylic acid groups (broad SMARTS) is 2. The van der Waals surface area contributed by atoms with Crippen LogP contribution in [0.3, 0.4) is 0 Å². The van der Waals surface area contributed by atoms with Gasteiger partial charge in [0.05, 0.1) is 30.9 Å². The van der Waals surface area contributed by atoms with Crippen molar-refractivity contribution in [1.82, 2.24) is 14.9 Å². The minimum Gasteiger partial charge on any atom is -0.475 e. The van der Waals surface area contributed by atoms with Crippen LogP contribution < -0.4 is 0 Å². The molecule has 1 saturated carbocycles. The van der Waals surface area contributed by atoms with Gasteiger partial charge in [0.2, 0.25) is 0 Å². The van der Waals surface area contributed by atoms with E-state index in [9.17, 15) is 31.1 Å². The molecule has 0 radical (unpaired) electrons. The van der Waals surface area contributed by atoms with Crippen LogP contribution >= 0.6 is 0 Å². The lowest BCUT2D eigenvalue weighted by Gasteiger charge is -2.39. The molecule has 2 aromatic heterocycles. The molecule has 2 N–H and O–H groups in total. The number of carbonyl (C=O) groups is 3. The molecule has 214 valence electrons. The lowest BCUT2D eigenvalue weighted by atomic mass is 10.1. The van der Waals surface area contributed by atoms with E-state index in [0.29, 0.717) is 25.3 Å². The minimum atomic E-state index is -5.08. The Balaban J connectivity index is 0.000000317. The largest absolute Gasteiger partial charge is 0.490 e. The SMILES string of the molecule is O=C(O)C(F)(F)F.O=C(O)C(F)(F)F.O=C(c1cccnc1)N1CCO[C@H]2[C@H](OCc3ccncc3)CC[C@@H]21. The van der Waals surface area contributed by atoms with Crippen molar-refractivity contribution in [3.05, 3.63) is 60.2 Å². The van der Waals surface area contributed by atoms with Crippen molar-refractivity contribution in [2.24, 2.45) is 0 Å². The van der Waals surface area contributed by atoms with E-state index in [1.54, 1.807) is 30.9 Å². The monoisotopic (exact) mass is 567 g/mol. The summed E-state index contributed by atoms with van der Waals surface area (Å²) in [5, 5.41) is 14.2. The Morgan fingerprint density at radius 3 is 2.05 bits per heavy atom. The summed E-state index contributed by atoms with van der Waals surface area (Å²) in [7, 11) is 0. The molecule has 0 spiro atoms. The van der Waals surface area contributed by atoms with Crippen LogP contribution in [0, 0.1) is 0 Å². The van der Waals surface area contributed by atoms with E-state index >= 15 is 0 Å². The van der Waals surface area contributed by atoms with E-state index in [-0.39, 0.29) is 24.2 Å². The predicted octanol–water partition coefficient (Wildman–Crippen LogP) is 3.33. The summed E-state index contributed by atoms with van der Waals surface area (Å²) in [5.74, 6) is -5.49. The molecule has 39 heavy (non-hydrogen) atoms. The Bertz CT molecular complexity index is 1060. The fourth-order valence-corrected chi connectivity index (χ4v) is 3.68. The zero-order valence-corrected chi connectivity index (χ0v) is 19.9. The maximum absolute atomic E-state index is 12.8. The number of carbonyl (C=O) groups excluding carboxylic acids is 1. The third-order valence-corrected chi connectivity index (χ3v) is 5.40. The first kappa shape index (κ1) is 31.4. The van der Waals surface area contributed by atoms with Gasteiger partial charge < -0.3 is 24.6 Å². The van der Waals surface area contributed by atoms with Gasteiger partial charge in [-0.25, -0.2) is 9.59 Å². The van der Waals surface area contributed by atoms with Gasteiger partial charge >= 0.3 is 24.3 Å². The summed E-state index contributed by atoms with van der Waals surface area (Å²) in [5.41, 5.74) is 1.72. The first-order valence-electron chi connectivity index (χ1n) is 11.1. The van der Waals surface area contributed by atoms with Crippen molar-refractivity contribution in [1.29, 1.82) is 0 Å². The molecule has 3 atom stereocenters. The second-order valence-corrected chi connectivity index (χ2v) is 8.03. The van der Waals surface area contributed by atoms with E-state index in [2.05, 4.69) is 9.97 Å². The van der Waals surface area contributed by atoms with E-state index in [1.165, 1.54) is 0 Å². The fraction of sp³-hybridized carbons (Fsp3) is 0.435. The number of carboxylic acids is 2. The first-order valence-corrected chi connectivity index (χ1v) is 11.1. The summed E-state index contributed by atoms with van der Waals surface area (Å²) in [6, 6.07) is 7.58. The third-order valence-electron chi connectivity index (χ3n) is 5.40. The van der Waals surface area contributed by atoms with Crippen molar-refractivity contribution >= 4 is 17.8 Å². The highest BCUT2D eigenvalue weighted by molar-refractivity contribution is 5.94. The predicted molar refractivity (Wildman–Crippen MR) is 118 cm³/mol. The summed E-state index contributed by atoms with van der Waals surface area (Å²) in [4.78, 5) is 40.6. The first-order chi connectivity index (χ1) is 18.2. The number of fused-ring (bicyclic) bond motifs is 1. The minimum absolute atomic E-state index is 0.0164. The maximum atomic E-state index is 12.8. The smallest absolute Gasteiger partial charge is 0.475 e. The molecule has 0 bridgehead atoms. The van der Waals surface area contributed by atoms with Gasteiger partial charge in [0, 0.05) is 31.3 Å². The number of nitrogens with zero attached hydrogens (tertiary/aromatic N) is 3. The number of alkyl halides is 6. The normalized spacial score (nSPS) is 20.5. The molecule has 1 aliphatic heterocycles. The second kappa shape index (κ2) is 13.8. The molecule has 16 heteroatoms. The molecule has 2 aliphatic rings. The van der Waals surface area contributed by atoms with Gasteiger partial charge in [0.1, 0.15) is 6.10 Å². The van der Waals surface area contributed by atoms with Crippen molar-refractivity contribution in [2.45, 2.75) is 50.1 Å². The zero-order valence-electron chi connectivity index (χ0n) is 19.9. The van der Waals surface area contributed by atoms with Gasteiger partial charge in [-0.05, 0) is 42.7 Å². The molecule has 0 unspecified atom stereocenters. The third kappa shape index (κ3) is 9.79. The topological polar surface area (TPSA) is 139 Å². The number of morpholine rings is 1. The lowest BCUT2D eigenvalue weighted by Crippen LogP contribution is -2.53. The summed E-state index contributed by atoms with van der Waals surface area (Å²) < 4.78 is 75.5.